The number of methoxy groups -OCH3 is 2. The highest BCUT2D eigenvalue weighted by molar-refractivity contribution is 5.89. The van der Waals surface area contributed by atoms with Crippen molar-refractivity contribution in [3.63, 3.8) is 0 Å². The standard InChI is InChI=1S/C17H19NO3/c1-12-10-15(8-9-16(12)20-2)18-11-13-4-6-14(7-5-13)17(19)21-3/h4-10,18H,11H2,1-3H3. The summed E-state index contributed by atoms with van der Waals surface area (Å²) in [5.41, 5.74) is 3.77. The Morgan fingerprint density at radius 3 is 2.38 bits per heavy atom. The molecule has 0 heterocycles. The predicted octanol–water partition coefficient (Wildman–Crippen LogP) is 3.40. The number of benzene rings is 2. The Kier molecular flexibility index (Phi) is 4.82. The number of aryl methyl sites for hydroxylation is 1. The summed E-state index contributed by atoms with van der Waals surface area (Å²) in [5, 5.41) is 3.34. The molecule has 4 nitrogen and oxygen atoms in total. The van der Waals surface area contributed by atoms with Crippen molar-refractivity contribution < 1.29 is 14.3 Å². The van der Waals surface area contributed by atoms with E-state index in [1.165, 1.54) is 7.11 Å². The maximum absolute atomic E-state index is 11.4. The molecule has 110 valence electrons. The number of nitrogens with one attached hydrogen (secondary N) is 1. The van der Waals surface area contributed by atoms with Gasteiger partial charge in [-0.15, -0.1) is 0 Å². The molecule has 1 N–H and O–H groups in total. The molecule has 0 bridgehead atoms. The van der Waals surface area contributed by atoms with E-state index in [-0.39, 0.29) is 5.97 Å². The Hall–Kier alpha value is -2.49. The predicted molar refractivity (Wildman–Crippen MR) is 82.8 cm³/mol. The zero-order valence-electron chi connectivity index (χ0n) is 12.5. The minimum atomic E-state index is -0.319. The van der Waals surface area contributed by atoms with Gasteiger partial charge in [-0.2, -0.15) is 0 Å². The van der Waals surface area contributed by atoms with Crippen LogP contribution < -0.4 is 10.1 Å². The molecule has 4 heteroatoms. The lowest BCUT2D eigenvalue weighted by Crippen LogP contribution is -2.03. The summed E-state index contributed by atoms with van der Waals surface area (Å²) in [6.45, 7) is 2.70. The van der Waals surface area contributed by atoms with Gasteiger partial charge in [0.25, 0.3) is 0 Å². The molecule has 0 saturated heterocycles. The van der Waals surface area contributed by atoms with Crippen molar-refractivity contribution in [1.82, 2.24) is 0 Å². The van der Waals surface area contributed by atoms with Gasteiger partial charge in [-0.25, -0.2) is 4.79 Å². The van der Waals surface area contributed by atoms with E-state index >= 15 is 0 Å². The van der Waals surface area contributed by atoms with Gasteiger partial charge >= 0.3 is 5.97 Å². The lowest BCUT2D eigenvalue weighted by atomic mass is 10.1. The third-order valence-electron chi connectivity index (χ3n) is 3.27. The Labute approximate surface area is 124 Å². The molecule has 0 saturated carbocycles. The Balaban J connectivity index is 1.99. The van der Waals surface area contributed by atoms with E-state index in [4.69, 9.17) is 4.74 Å². The van der Waals surface area contributed by atoms with Crippen LogP contribution in [0.25, 0.3) is 0 Å². The summed E-state index contributed by atoms with van der Waals surface area (Å²) in [7, 11) is 3.04. The quantitative estimate of drug-likeness (QED) is 0.855. The van der Waals surface area contributed by atoms with Crippen LogP contribution in [0.2, 0.25) is 0 Å². The van der Waals surface area contributed by atoms with Crippen LogP contribution in [-0.2, 0) is 11.3 Å². The summed E-state index contributed by atoms with van der Waals surface area (Å²) in [6.07, 6.45) is 0. The monoisotopic (exact) mass is 285 g/mol. The fraction of sp³-hybridized carbons (Fsp3) is 0.235. The molecule has 0 aromatic heterocycles. The van der Waals surface area contributed by atoms with E-state index in [9.17, 15) is 4.79 Å². The second-order valence-corrected chi connectivity index (χ2v) is 4.73. The lowest BCUT2D eigenvalue weighted by molar-refractivity contribution is 0.0600. The second-order valence-electron chi connectivity index (χ2n) is 4.73. The number of anilines is 1. The molecule has 21 heavy (non-hydrogen) atoms. The van der Waals surface area contributed by atoms with Gasteiger partial charge < -0.3 is 14.8 Å². The first-order valence-corrected chi connectivity index (χ1v) is 6.70. The van der Waals surface area contributed by atoms with Gasteiger partial charge in [-0.3, -0.25) is 0 Å². The van der Waals surface area contributed by atoms with Gasteiger partial charge in [0.15, 0.2) is 0 Å². The smallest absolute Gasteiger partial charge is 0.337 e. The minimum Gasteiger partial charge on any atom is -0.496 e. The number of carbonyl (C=O) groups excluding carboxylic acids is 1. The highest BCUT2D eigenvalue weighted by Gasteiger charge is 2.04. The largest absolute Gasteiger partial charge is 0.496 e. The summed E-state index contributed by atoms with van der Waals surface area (Å²) in [5.74, 6) is 0.559. The molecular formula is C17H19NO3. The van der Waals surface area contributed by atoms with E-state index in [2.05, 4.69) is 10.1 Å². The molecule has 0 aliphatic rings. The number of hydrogen-bond acceptors (Lipinski definition) is 4. The summed E-state index contributed by atoms with van der Waals surface area (Å²) < 4.78 is 9.91. The fourth-order valence-electron chi connectivity index (χ4n) is 2.07. The average molecular weight is 285 g/mol. The Morgan fingerprint density at radius 1 is 1.10 bits per heavy atom. The Bertz CT molecular complexity index is 620. The molecule has 0 unspecified atom stereocenters. The molecule has 0 fully saturated rings. The average Bonchev–Trinajstić information content (AvgIpc) is 2.52. The minimum absolute atomic E-state index is 0.319. The van der Waals surface area contributed by atoms with Gasteiger partial charge in [-0.05, 0) is 48.4 Å². The third kappa shape index (κ3) is 3.75. The zero-order chi connectivity index (χ0) is 15.2. The number of esters is 1. The molecule has 0 radical (unpaired) electrons. The van der Waals surface area contributed by atoms with Crippen molar-refractivity contribution >= 4 is 11.7 Å². The van der Waals surface area contributed by atoms with E-state index in [1.54, 1.807) is 19.2 Å². The first-order chi connectivity index (χ1) is 10.1. The van der Waals surface area contributed by atoms with E-state index in [0.29, 0.717) is 12.1 Å². The molecule has 0 atom stereocenters. The SMILES string of the molecule is COC(=O)c1ccc(CNc2ccc(OC)c(C)c2)cc1. The van der Waals surface area contributed by atoms with Gasteiger partial charge in [0.05, 0.1) is 19.8 Å². The molecule has 0 spiro atoms. The van der Waals surface area contributed by atoms with Crippen molar-refractivity contribution in [2.45, 2.75) is 13.5 Å². The molecule has 0 aliphatic heterocycles. The van der Waals surface area contributed by atoms with Crippen LogP contribution in [0.3, 0.4) is 0 Å². The topological polar surface area (TPSA) is 47.6 Å². The van der Waals surface area contributed by atoms with Crippen molar-refractivity contribution in [2.24, 2.45) is 0 Å². The van der Waals surface area contributed by atoms with Gasteiger partial charge in [0, 0.05) is 12.2 Å². The van der Waals surface area contributed by atoms with Crippen LogP contribution in [0, 0.1) is 6.92 Å². The first kappa shape index (κ1) is 14.9. The van der Waals surface area contributed by atoms with Crippen LogP contribution in [-0.4, -0.2) is 20.2 Å². The molecule has 2 aromatic rings. The molecule has 0 aliphatic carbocycles. The van der Waals surface area contributed by atoms with E-state index in [1.807, 2.05) is 37.3 Å². The van der Waals surface area contributed by atoms with Gasteiger partial charge in [-0.1, -0.05) is 12.1 Å². The number of carbonyl (C=O) groups is 1. The van der Waals surface area contributed by atoms with Gasteiger partial charge in [0.2, 0.25) is 0 Å². The Morgan fingerprint density at radius 2 is 1.81 bits per heavy atom. The number of hydrogen-bond donors (Lipinski definition) is 1. The van der Waals surface area contributed by atoms with Crippen LogP contribution in [0.1, 0.15) is 21.5 Å². The maximum Gasteiger partial charge on any atom is 0.337 e. The first-order valence-electron chi connectivity index (χ1n) is 6.70. The zero-order valence-corrected chi connectivity index (χ0v) is 12.5. The molecule has 2 rings (SSSR count). The van der Waals surface area contributed by atoms with E-state index in [0.717, 1.165) is 22.6 Å². The van der Waals surface area contributed by atoms with Crippen LogP contribution >= 0.6 is 0 Å². The van der Waals surface area contributed by atoms with Crippen molar-refractivity contribution in [3.8, 4) is 5.75 Å². The number of ether oxygens (including phenoxy) is 2. The van der Waals surface area contributed by atoms with Gasteiger partial charge in [0.1, 0.15) is 5.75 Å². The molecule has 0 amide bonds. The molecule has 2 aromatic carbocycles. The molecular weight excluding hydrogens is 266 g/mol. The van der Waals surface area contributed by atoms with Crippen LogP contribution in [0.5, 0.6) is 5.75 Å². The van der Waals surface area contributed by atoms with Crippen molar-refractivity contribution in [2.75, 3.05) is 19.5 Å². The third-order valence-corrected chi connectivity index (χ3v) is 3.27. The second kappa shape index (κ2) is 6.79. The maximum atomic E-state index is 11.4. The normalized spacial score (nSPS) is 10.0. The lowest BCUT2D eigenvalue weighted by Gasteiger charge is -2.10. The fourth-order valence-corrected chi connectivity index (χ4v) is 2.07. The summed E-state index contributed by atoms with van der Waals surface area (Å²) >= 11 is 0. The van der Waals surface area contributed by atoms with E-state index < -0.39 is 0 Å². The summed E-state index contributed by atoms with van der Waals surface area (Å²) in [6, 6.07) is 13.3. The van der Waals surface area contributed by atoms with Crippen molar-refractivity contribution in [3.05, 3.63) is 59.2 Å². The van der Waals surface area contributed by atoms with Crippen molar-refractivity contribution in [1.29, 1.82) is 0 Å². The van der Waals surface area contributed by atoms with Crippen LogP contribution in [0.15, 0.2) is 42.5 Å². The van der Waals surface area contributed by atoms with Crippen LogP contribution in [0.4, 0.5) is 5.69 Å². The summed E-state index contributed by atoms with van der Waals surface area (Å²) in [4.78, 5) is 11.4. The highest BCUT2D eigenvalue weighted by atomic mass is 16.5. The highest BCUT2D eigenvalue weighted by Crippen LogP contribution is 2.21. The number of rotatable bonds is 5.